The third-order valence-electron chi connectivity index (χ3n) is 8.32. The Morgan fingerprint density at radius 3 is 2.21 bits per heavy atom. The van der Waals surface area contributed by atoms with Gasteiger partial charge in [0.15, 0.2) is 0 Å². The number of aromatic nitrogens is 3. The van der Waals surface area contributed by atoms with Gasteiger partial charge in [-0.15, -0.1) is 0 Å². The van der Waals surface area contributed by atoms with Gasteiger partial charge in [0.25, 0.3) is 0 Å². The van der Waals surface area contributed by atoms with Crippen LogP contribution in [0.3, 0.4) is 0 Å². The summed E-state index contributed by atoms with van der Waals surface area (Å²) in [5, 5.41) is 7.76. The second kappa shape index (κ2) is 9.33. The maximum absolute atomic E-state index is 6.69. The molecule has 0 radical (unpaired) electrons. The summed E-state index contributed by atoms with van der Waals surface area (Å²) in [6.07, 6.45) is 3.73. The maximum Gasteiger partial charge on any atom is 0.143 e. The monoisotopic (exact) mass is 549 g/mol. The van der Waals surface area contributed by atoms with Crippen LogP contribution in [0.15, 0.2) is 144 Å². The lowest BCUT2D eigenvalue weighted by molar-refractivity contribution is 0.670. The Morgan fingerprint density at radius 2 is 1.33 bits per heavy atom. The average Bonchev–Trinajstić information content (AvgIpc) is 3.47. The zero-order valence-electron chi connectivity index (χ0n) is 23.0. The van der Waals surface area contributed by atoms with Crippen LogP contribution in [0, 0.1) is 0 Å². The van der Waals surface area contributed by atoms with Crippen LogP contribution in [-0.4, -0.2) is 15.0 Å². The summed E-state index contributed by atoms with van der Waals surface area (Å²) in [6.45, 7) is 0. The minimum atomic E-state index is 0.858. The molecule has 5 aromatic carbocycles. The van der Waals surface area contributed by atoms with Crippen molar-refractivity contribution in [3.63, 3.8) is 0 Å². The minimum absolute atomic E-state index is 0.858. The molecule has 0 saturated carbocycles. The van der Waals surface area contributed by atoms with E-state index in [1.165, 1.54) is 0 Å². The van der Waals surface area contributed by atoms with E-state index in [2.05, 4.69) is 102 Å². The van der Waals surface area contributed by atoms with Gasteiger partial charge in [0, 0.05) is 55.8 Å². The zero-order valence-corrected chi connectivity index (χ0v) is 23.0. The van der Waals surface area contributed by atoms with E-state index < -0.39 is 0 Å². The van der Waals surface area contributed by atoms with Gasteiger partial charge >= 0.3 is 0 Å². The Labute approximate surface area is 246 Å². The van der Waals surface area contributed by atoms with E-state index in [1.807, 2.05) is 36.5 Å². The van der Waals surface area contributed by atoms with Gasteiger partial charge in [0.05, 0.1) is 22.6 Å². The Morgan fingerprint density at radius 1 is 0.512 bits per heavy atom. The standard InChI is InChI=1S/C39H23N3O/c1-2-10-24(11-3-1)38-31-22-30(26-18-17-25-21-34(41-23-27(25)20-26)33-15-8-9-19-40-33)39-37(29-13-5-7-16-35(29)43-39)36(31)28-12-4-6-14-32(28)42-38/h1-23H. The fraction of sp³-hybridized carbons (Fsp3) is 0. The summed E-state index contributed by atoms with van der Waals surface area (Å²) >= 11 is 0. The highest BCUT2D eigenvalue weighted by Gasteiger charge is 2.21. The van der Waals surface area contributed by atoms with Crippen LogP contribution in [0.25, 0.3) is 88.2 Å². The minimum Gasteiger partial charge on any atom is -0.455 e. The van der Waals surface area contributed by atoms with Crippen LogP contribution in [0.2, 0.25) is 0 Å². The smallest absolute Gasteiger partial charge is 0.143 e. The van der Waals surface area contributed by atoms with E-state index in [-0.39, 0.29) is 0 Å². The van der Waals surface area contributed by atoms with Gasteiger partial charge in [0.2, 0.25) is 0 Å². The molecule has 0 amide bonds. The quantitative estimate of drug-likeness (QED) is 0.206. The Bertz CT molecular complexity index is 2500. The van der Waals surface area contributed by atoms with E-state index in [9.17, 15) is 0 Å². The molecule has 0 aliphatic rings. The fourth-order valence-corrected chi connectivity index (χ4v) is 6.32. The molecule has 0 unspecified atom stereocenters. The maximum atomic E-state index is 6.69. The molecule has 0 N–H and O–H groups in total. The number of furan rings is 1. The first-order valence-corrected chi connectivity index (χ1v) is 14.4. The summed E-state index contributed by atoms with van der Waals surface area (Å²) in [5.41, 5.74) is 8.58. The van der Waals surface area contributed by atoms with Gasteiger partial charge < -0.3 is 4.42 Å². The van der Waals surface area contributed by atoms with Crippen LogP contribution in [0.1, 0.15) is 0 Å². The molecule has 0 saturated heterocycles. The Balaban J connectivity index is 1.38. The second-order valence-corrected chi connectivity index (χ2v) is 10.8. The average molecular weight is 550 g/mol. The first kappa shape index (κ1) is 23.8. The van der Waals surface area contributed by atoms with Crippen LogP contribution in [0.4, 0.5) is 0 Å². The molecule has 0 spiro atoms. The van der Waals surface area contributed by atoms with Crippen molar-refractivity contribution in [3.8, 4) is 33.8 Å². The van der Waals surface area contributed by atoms with Crippen LogP contribution < -0.4 is 0 Å². The van der Waals surface area contributed by atoms with E-state index in [1.54, 1.807) is 6.20 Å². The molecule has 0 fully saturated rings. The second-order valence-electron chi connectivity index (χ2n) is 10.8. The lowest BCUT2D eigenvalue weighted by Crippen LogP contribution is -1.92. The lowest BCUT2D eigenvalue weighted by atomic mass is 9.91. The van der Waals surface area contributed by atoms with Gasteiger partial charge in [-0.25, -0.2) is 4.98 Å². The molecule has 43 heavy (non-hydrogen) atoms. The fourth-order valence-electron chi connectivity index (χ4n) is 6.32. The van der Waals surface area contributed by atoms with Crippen molar-refractivity contribution in [2.24, 2.45) is 0 Å². The highest BCUT2D eigenvalue weighted by Crippen LogP contribution is 2.45. The molecular weight excluding hydrogens is 526 g/mol. The van der Waals surface area contributed by atoms with E-state index >= 15 is 0 Å². The molecule has 0 aliphatic heterocycles. The Hall–Kier alpha value is -5.87. The van der Waals surface area contributed by atoms with Crippen molar-refractivity contribution in [3.05, 3.63) is 140 Å². The molecule has 4 heterocycles. The molecule has 0 aliphatic carbocycles. The predicted octanol–water partition coefficient (Wildman–Crippen LogP) is 10.2. The predicted molar refractivity (Wildman–Crippen MR) is 176 cm³/mol. The van der Waals surface area contributed by atoms with Crippen molar-refractivity contribution < 1.29 is 4.42 Å². The highest BCUT2D eigenvalue weighted by atomic mass is 16.3. The Kier molecular flexibility index (Phi) is 5.16. The number of para-hydroxylation sites is 2. The molecule has 9 aromatic rings. The molecule has 4 aromatic heterocycles. The number of benzene rings is 5. The van der Waals surface area contributed by atoms with E-state index in [0.717, 1.165) is 88.2 Å². The number of pyridine rings is 3. The number of nitrogens with zero attached hydrogens (tertiary/aromatic N) is 3. The number of rotatable bonds is 3. The van der Waals surface area contributed by atoms with Gasteiger partial charge in [-0.3, -0.25) is 9.97 Å². The van der Waals surface area contributed by atoms with Gasteiger partial charge in [-0.1, -0.05) is 84.9 Å². The van der Waals surface area contributed by atoms with E-state index in [4.69, 9.17) is 14.4 Å². The molecule has 0 atom stereocenters. The lowest BCUT2D eigenvalue weighted by Gasteiger charge is -2.14. The van der Waals surface area contributed by atoms with Gasteiger partial charge in [-0.05, 0) is 53.4 Å². The molecule has 4 nitrogen and oxygen atoms in total. The van der Waals surface area contributed by atoms with Crippen LogP contribution in [0.5, 0.6) is 0 Å². The van der Waals surface area contributed by atoms with Crippen molar-refractivity contribution in [1.29, 1.82) is 0 Å². The molecular formula is C39H23N3O. The first-order chi connectivity index (χ1) is 21.3. The van der Waals surface area contributed by atoms with Crippen molar-refractivity contribution in [2.45, 2.75) is 0 Å². The topological polar surface area (TPSA) is 51.8 Å². The molecule has 4 heteroatoms. The molecule has 200 valence electrons. The normalized spacial score (nSPS) is 11.7. The van der Waals surface area contributed by atoms with Crippen LogP contribution in [-0.2, 0) is 0 Å². The van der Waals surface area contributed by atoms with Gasteiger partial charge in [-0.2, -0.15) is 0 Å². The number of hydrogen-bond acceptors (Lipinski definition) is 4. The van der Waals surface area contributed by atoms with Crippen molar-refractivity contribution in [1.82, 2.24) is 15.0 Å². The van der Waals surface area contributed by atoms with Crippen LogP contribution >= 0.6 is 0 Å². The number of hydrogen-bond donors (Lipinski definition) is 0. The van der Waals surface area contributed by atoms with Crippen molar-refractivity contribution in [2.75, 3.05) is 0 Å². The SMILES string of the molecule is c1ccc(-c2nc3ccccc3c3c2cc(-c2ccc4cc(-c5ccccn5)ncc4c2)c2oc4ccccc4c23)cc1. The molecule has 0 bridgehead atoms. The zero-order chi connectivity index (χ0) is 28.3. The first-order valence-electron chi connectivity index (χ1n) is 14.4. The molecule has 9 rings (SSSR count). The van der Waals surface area contributed by atoms with Gasteiger partial charge in [0.1, 0.15) is 11.2 Å². The third kappa shape index (κ3) is 3.74. The summed E-state index contributed by atoms with van der Waals surface area (Å²) < 4.78 is 6.69. The van der Waals surface area contributed by atoms with E-state index in [0.29, 0.717) is 0 Å². The summed E-state index contributed by atoms with van der Waals surface area (Å²) in [7, 11) is 0. The third-order valence-corrected chi connectivity index (χ3v) is 8.32. The highest BCUT2D eigenvalue weighted by molar-refractivity contribution is 6.30. The number of fused-ring (bicyclic) bond motifs is 8. The summed E-state index contributed by atoms with van der Waals surface area (Å²) in [5.74, 6) is 0. The largest absolute Gasteiger partial charge is 0.455 e. The summed E-state index contributed by atoms with van der Waals surface area (Å²) in [4.78, 5) is 14.5. The summed E-state index contributed by atoms with van der Waals surface area (Å²) in [6, 6.07) is 44.0. The van der Waals surface area contributed by atoms with Crippen molar-refractivity contribution >= 4 is 54.4 Å².